The number of rotatable bonds is 4. The summed E-state index contributed by atoms with van der Waals surface area (Å²) in [7, 11) is 1.67. The quantitative estimate of drug-likeness (QED) is 0.781. The highest BCUT2D eigenvalue weighted by atomic mass is 32.2. The van der Waals surface area contributed by atoms with Crippen molar-refractivity contribution in [3.63, 3.8) is 0 Å². The largest absolute Gasteiger partial charge is 0.497 e. The van der Waals surface area contributed by atoms with Gasteiger partial charge in [0.1, 0.15) is 5.75 Å². The molecule has 2 nitrogen and oxygen atoms in total. The Morgan fingerprint density at radius 2 is 1.89 bits per heavy atom. The molecule has 0 aliphatic rings. The molecule has 0 aliphatic heterocycles. The Morgan fingerprint density at radius 3 is 2.47 bits per heavy atom. The molecule has 0 atom stereocenters. The molecule has 0 N–H and O–H groups in total. The number of hydrogen-bond donors (Lipinski definition) is 0. The maximum atomic E-state index is 8.84. The standard InChI is InChI=1S/C16H15NOS/c1-12-9-13(10-17)3-4-14(12)11-19-16-7-5-15(18-2)6-8-16/h3-9H,11H2,1-2H3. The molecular formula is C16H15NOS. The second-order valence-corrected chi connectivity index (χ2v) is 5.27. The second-order valence-electron chi connectivity index (χ2n) is 4.22. The third kappa shape index (κ3) is 3.52. The van der Waals surface area contributed by atoms with Crippen molar-refractivity contribution < 1.29 is 4.74 Å². The van der Waals surface area contributed by atoms with E-state index in [0.717, 1.165) is 17.1 Å². The van der Waals surface area contributed by atoms with Crippen molar-refractivity contribution in [3.8, 4) is 11.8 Å². The Labute approximate surface area is 118 Å². The minimum absolute atomic E-state index is 0.718. The van der Waals surface area contributed by atoms with Crippen molar-refractivity contribution in [3.05, 3.63) is 59.2 Å². The summed E-state index contributed by atoms with van der Waals surface area (Å²) in [6.45, 7) is 2.05. The molecule has 2 rings (SSSR count). The summed E-state index contributed by atoms with van der Waals surface area (Å²) in [4.78, 5) is 1.21. The van der Waals surface area contributed by atoms with Crippen LogP contribution in [-0.2, 0) is 5.75 Å². The first-order valence-corrected chi connectivity index (χ1v) is 6.98. The van der Waals surface area contributed by atoms with Crippen LogP contribution in [0.25, 0.3) is 0 Å². The molecule has 0 unspecified atom stereocenters. The maximum Gasteiger partial charge on any atom is 0.118 e. The lowest BCUT2D eigenvalue weighted by atomic mass is 10.1. The minimum Gasteiger partial charge on any atom is -0.497 e. The molecule has 2 aromatic rings. The average molecular weight is 269 g/mol. The molecular weight excluding hydrogens is 254 g/mol. The van der Waals surface area contributed by atoms with Gasteiger partial charge < -0.3 is 4.74 Å². The van der Waals surface area contributed by atoms with Gasteiger partial charge in [-0.2, -0.15) is 5.26 Å². The summed E-state index contributed by atoms with van der Waals surface area (Å²) in [5, 5.41) is 8.84. The average Bonchev–Trinajstić information content (AvgIpc) is 2.46. The topological polar surface area (TPSA) is 33.0 Å². The normalized spacial score (nSPS) is 9.95. The van der Waals surface area contributed by atoms with Gasteiger partial charge in [-0.3, -0.25) is 0 Å². The van der Waals surface area contributed by atoms with E-state index in [-0.39, 0.29) is 0 Å². The molecule has 3 heteroatoms. The van der Waals surface area contributed by atoms with Crippen LogP contribution in [0.3, 0.4) is 0 Å². The van der Waals surface area contributed by atoms with E-state index >= 15 is 0 Å². The third-order valence-corrected chi connectivity index (χ3v) is 3.99. The number of nitriles is 1. The Hall–Kier alpha value is -1.92. The number of hydrogen-bond acceptors (Lipinski definition) is 3. The van der Waals surface area contributed by atoms with Gasteiger partial charge in [0.15, 0.2) is 0 Å². The molecule has 0 saturated heterocycles. The van der Waals surface area contributed by atoms with E-state index < -0.39 is 0 Å². The van der Waals surface area contributed by atoms with E-state index in [2.05, 4.69) is 18.2 Å². The number of ether oxygens (including phenoxy) is 1. The zero-order valence-corrected chi connectivity index (χ0v) is 11.8. The van der Waals surface area contributed by atoms with Gasteiger partial charge in [0.05, 0.1) is 18.7 Å². The molecule has 0 spiro atoms. The molecule has 0 aromatic heterocycles. The van der Waals surface area contributed by atoms with E-state index in [1.54, 1.807) is 18.9 Å². The highest BCUT2D eigenvalue weighted by molar-refractivity contribution is 7.98. The van der Waals surface area contributed by atoms with Crippen molar-refractivity contribution >= 4 is 11.8 Å². The molecule has 96 valence electrons. The first-order chi connectivity index (χ1) is 9.22. The molecule has 0 amide bonds. The SMILES string of the molecule is COc1ccc(SCc2ccc(C#N)cc2C)cc1. The predicted octanol–water partition coefficient (Wildman–Crippen LogP) is 4.17. The molecule has 0 saturated carbocycles. The lowest BCUT2D eigenvalue weighted by Gasteiger charge is -2.07. The number of nitrogens with zero attached hydrogens (tertiary/aromatic N) is 1. The molecule has 0 aliphatic carbocycles. The van der Waals surface area contributed by atoms with Gasteiger partial charge in [0.2, 0.25) is 0 Å². The molecule has 0 bridgehead atoms. The van der Waals surface area contributed by atoms with Crippen molar-refractivity contribution in [2.75, 3.05) is 7.11 Å². The Morgan fingerprint density at radius 1 is 1.16 bits per heavy atom. The van der Waals surface area contributed by atoms with E-state index in [1.165, 1.54) is 16.0 Å². The van der Waals surface area contributed by atoms with Crippen LogP contribution >= 0.6 is 11.8 Å². The van der Waals surface area contributed by atoms with Crippen LogP contribution in [0.2, 0.25) is 0 Å². The van der Waals surface area contributed by atoms with Crippen LogP contribution in [-0.4, -0.2) is 7.11 Å². The van der Waals surface area contributed by atoms with Gasteiger partial charge in [-0.15, -0.1) is 11.8 Å². The van der Waals surface area contributed by atoms with Crippen LogP contribution < -0.4 is 4.74 Å². The number of benzene rings is 2. The maximum absolute atomic E-state index is 8.84. The summed E-state index contributed by atoms with van der Waals surface area (Å²) in [5.41, 5.74) is 3.15. The predicted molar refractivity (Wildman–Crippen MR) is 78.4 cm³/mol. The van der Waals surface area contributed by atoms with Crippen molar-refractivity contribution in [2.24, 2.45) is 0 Å². The lowest BCUT2D eigenvalue weighted by Crippen LogP contribution is -1.88. The van der Waals surface area contributed by atoms with E-state index in [1.807, 2.05) is 37.3 Å². The van der Waals surface area contributed by atoms with Gasteiger partial charge in [0, 0.05) is 10.6 Å². The zero-order chi connectivity index (χ0) is 13.7. The van der Waals surface area contributed by atoms with Crippen molar-refractivity contribution in [1.29, 1.82) is 5.26 Å². The number of methoxy groups -OCH3 is 1. The van der Waals surface area contributed by atoms with Crippen LogP contribution in [0.1, 0.15) is 16.7 Å². The van der Waals surface area contributed by atoms with Gasteiger partial charge >= 0.3 is 0 Å². The lowest BCUT2D eigenvalue weighted by molar-refractivity contribution is 0.414. The highest BCUT2D eigenvalue weighted by Crippen LogP contribution is 2.26. The van der Waals surface area contributed by atoms with Crippen LogP contribution in [0.4, 0.5) is 0 Å². The highest BCUT2D eigenvalue weighted by Gasteiger charge is 2.02. The fourth-order valence-electron chi connectivity index (χ4n) is 1.76. The monoisotopic (exact) mass is 269 g/mol. The molecule has 19 heavy (non-hydrogen) atoms. The Kier molecular flexibility index (Phi) is 4.48. The summed E-state index contributed by atoms with van der Waals surface area (Å²) >= 11 is 1.78. The molecule has 0 radical (unpaired) electrons. The minimum atomic E-state index is 0.718. The fraction of sp³-hybridized carbons (Fsp3) is 0.188. The molecule has 2 aromatic carbocycles. The second kappa shape index (κ2) is 6.31. The smallest absolute Gasteiger partial charge is 0.118 e. The van der Waals surface area contributed by atoms with Gasteiger partial charge in [-0.1, -0.05) is 6.07 Å². The Balaban J connectivity index is 2.04. The first-order valence-electron chi connectivity index (χ1n) is 5.99. The molecule has 0 heterocycles. The molecule has 0 fully saturated rings. The fourth-order valence-corrected chi connectivity index (χ4v) is 2.74. The third-order valence-electron chi connectivity index (χ3n) is 2.93. The number of aryl methyl sites for hydroxylation is 1. The van der Waals surface area contributed by atoms with E-state index in [0.29, 0.717) is 0 Å². The van der Waals surface area contributed by atoms with Gasteiger partial charge in [-0.05, 0) is 54.4 Å². The van der Waals surface area contributed by atoms with Gasteiger partial charge in [-0.25, -0.2) is 0 Å². The summed E-state index contributed by atoms with van der Waals surface area (Å²) in [6, 6.07) is 16.0. The van der Waals surface area contributed by atoms with Crippen molar-refractivity contribution in [1.82, 2.24) is 0 Å². The van der Waals surface area contributed by atoms with Crippen LogP contribution in [0.5, 0.6) is 5.75 Å². The number of thioether (sulfide) groups is 1. The first kappa shape index (κ1) is 13.5. The zero-order valence-electron chi connectivity index (χ0n) is 11.0. The van der Waals surface area contributed by atoms with E-state index in [4.69, 9.17) is 10.00 Å². The van der Waals surface area contributed by atoms with Crippen LogP contribution in [0, 0.1) is 18.3 Å². The van der Waals surface area contributed by atoms with Gasteiger partial charge in [0.25, 0.3) is 0 Å². The summed E-state index contributed by atoms with van der Waals surface area (Å²) in [5.74, 6) is 1.78. The van der Waals surface area contributed by atoms with Crippen LogP contribution in [0.15, 0.2) is 47.4 Å². The Bertz CT molecular complexity index is 599. The summed E-state index contributed by atoms with van der Waals surface area (Å²) < 4.78 is 5.14. The van der Waals surface area contributed by atoms with Crippen molar-refractivity contribution in [2.45, 2.75) is 17.6 Å². The summed E-state index contributed by atoms with van der Waals surface area (Å²) in [6.07, 6.45) is 0. The van der Waals surface area contributed by atoms with E-state index in [9.17, 15) is 0 Å².